The Hall–Kier alpha value is -2.49. The molecular weight excluding hydrogens is 242 g/mol. The molecule has 4 nitrogen and oxygen atoms in total. The summed E-state index contributed by atoms with van der Waals surface area (Å²) in [5.41, 5.74) is 1.80. The summed E-state index contributed by atoms with van der Waals surface area (Å²) >= 11 is 0. The summed E-state index contributed by atoms with van der Waals surface area (Å²) in [5.74, 6) is 1.30. The zero-order chi connectivity index (χ0) is 13.1. The predicted molar refractivity (Wildman–Crippen MR) is 70.9 cm³/mol. The van der Waals surface area contributed by atoms with Crippen LogP contribution in [-0.2, 0) is 9.57 Å². The second-order valence-electron chi connectivity index (χ2n) is 4.09. The molecule has 4 heteroatoms. The van der Waals surface area contributed by atoms with Gasteiger partial charge in [0.2, 0.25) is 0 Å². The second kappa shape index (κ2) is 5.02. The van der Waals surface area contributed by atoms with Gasteiger partial charge < -0.3 is 14.3 Å². The smallest absolute Gasteiger partial charge is 0.293 e. The van der Waals surface area contributed by atoms with E-state index < -0.39 is 6.29 Å². The van der Waals surface area contributed by atoms with E-state index in [1.807, 2.05) is 54.6 Å². The van der Waals surface area contributed by atoms with E-state index in [2.05, 4.69) is 5.16 Å². The van der Waals surface area contributed by atoms with Crippen molar-refractivity contribution >= 4 is 5.90 Å². The summed E-state index contributed by atoms with van der Waals surface area (Å²) in [5, 5.41) is 3.97. The fourth-order valence-electron chi connectivity index (χ4n) is 1.83. The molecule has 19 heavy (non-hydrogen) atoms. The molecule has 1 atom stereocenters. The van der Waals surface area contributed by atoms with Gasteiger partial charge in [0.25, 0.3) is 12.2 Å². The fraction of sp³-hybridized carbons (Fsp3) is 0.133. The lowest BCUT2D eigenvalue weighted by molar-refractivity contribution is -0.0498. The first-order valence-corrected chi connectivity index (χ1v) is 5.96. The number of ether oxygens (including phenoxy) is 2. The zero-order valence-corrected chi connectivity index (χ0v) is 10.4. The molecule has 3 rings (SSSR count). The van der Waals surface area contributed by atoms with Crippen molar-refractivity contribution in [3.8, 4) is 5.75 Å². The van der Waals surface area contributed by atoms with Crippen LogP contribution in [0.2, 0.25) is 0 Å². The van der Waals surface area contributed by atoms with Gasteiger partial charge in [0.15, 0.2) is 0 Å². The Kier molecular flexibility index (Phi) is 3.06. The van der Waals surface area contributed by atoms with E-state index in [4.69, 9.17) is 14.3 Å². The van der Waals surface area contributed by atoms with Gasteiger partial charge in [-0.05, 0) is 41.6 Å². The van der Waals surface area contributed by atoms with Gasteiger partial charge >= 0.3 is 0 Å². The van der Waals surface area contributed by atoms with Gasteiger partial charge in [0, 0.05) is 11.1 Å². The summed E-state index contributed by atoms with van der Waals surface area (Å²) < 4.78 is 10.8. The molecule has 2 aromatic rings. The summed E-state index contributed by atoms with van der Waals surface area (Å²) in [6.07, 6.45) is -0.499. The minimum atomic E-state index is -0.499. The molecule has 2 aromatic carbocycles. The highest BCUT2D eigenvalue weighted by Gasteiger charge is 2.24. The first kappa shape index (κ1) is 11.6. The minimum Gasteiger partial charge on any atom is -0.497 e. The Morgan fingerprint density at radius 2 is 1.74 bits per heavy atom. The molecule has 0 saturated carbocycles. The van der Waals surface area contributed by atoms with Crippen molar-refractivity contribution in [2.24, 2.45) is 5.16 Å². The third-order valence-corrected chi connectivity index (χ3v) is 2.86. The van der Waals surface area contributed by atoms with E-state index >= 15 is 0 Å². The lowest BCUT2D eigenvalue weighted by Crippen LogP contribution is -2.05. The molecule has 1 aliphatic heterocycles. The standard InChI is InChI=1S/C15H13NO3/c1-17-13-9-7-12(8-10-13)15-18-14(16-19-15)11-5-3-2-4-6-11/h2-10,15H,1H3. The van der Waals surface area contributed by atoms with Gasteiger partial charge in [-0.15, -0.1) is 0 Å². The lowest BCUT2D eigenvalue weighted by Gasteiger charge is -2.10. The molecule has 0 N–H and O–H groups in total. The SMILES string of the molecule is COc1ccc(C2ON=C(c3ccccc3)O2)cc1. The van der Waals surface area contributed by atoms with Gasteiger partial charge in [-0.3, -0.25) is 0 Å². The Morgan fingerprint density at radius 3 is 2.42 bits per heavy atom. The van der Waals surface area contributed by atoms with Crippen LogP contribution in [0.25, 0.3) is 0 Å². The minimum absolute atomic E-state index is 0.499. The van der Waals surface area contributed by atoms with Crippen LogP contribution in [0.4, 0.5) is 0 Å². The third kappa shape index (κ3) is 2.38. The van der Waals surface area contributed by atoms with Crippen LogP contribution in [0.1, 0.15) is 17.4 Å². The molecule has 0 spiro atoms. The summed E-state index contributed by atoms with van der Waals surface area (Å²) in [4.78, 5) is 5.30. The number of hydrogen-bond donors (Lipinski definition) is 0. The van der Waals surface area contributed by atoms with Gasteiger partial charge in [0.1, 0.15) is 5.75 Å². The average molecular weight is 255 g/mol. The van der Waals surface area contributed by atoms with Crippen LogP contribution in [0.3, 0.4) is 0 Å². The van der Waals surface area contributed by atoms with Crippen molar-refractivity contribution in [2.75, 3.05) is 7.11 Å². The van der Waals surface area contributed by atoms with Gasteiger partial charge in [0.05, 0.1) is 7.11 Å². The highest BCUT2D eigenvalue weighted by molar-refractivity contribution is 5.94. The largest absolute Gasteiger partial charge is 0.497 e. The van der Waals surface area contributed by atoms with Crippen molar-refractivity contribution in [3.63, 3.8) is 0 Å². The summed E-state index contributed by atoms with van der Waals surface area (Å²) in [6, 6.07) is 17.2. The maximum absolute atomic E-state index is 5.69. The van der Waals surface area contributed by atoms with Crippen molar-refractivity contribution in [1.29, 1.82) is 0 Å². The molecule has 1 heterocycles. The summed E-state index contributed by atoms with van der Waals surface area (Å²) in [6.45, 7) is 0. The van der Waals surface area contributed by atoms with Crippen molar-refractivity contribution in [2.45, 2.75) is 6.29 Å². The highest BCUT2D eigenvalue weighted by Crippen LogP contribution is 2.27. The number of benzene rings is 2. The Bertz CT molecular complexity index is 578. The summed E-state index contributed by atoms with van der Waals surface area (Å²) in [7, 11) is 1.63. The third-order valence-electron chi connectivity index (χ3n) is 2.86. The van der Waals surface area contributed by atoms with Crippen molar-refractivity contribution in [1.82, 2.24) is 0 Å². The van der Waals surface area contributed by atoms with E-state index in [1.165, 1.54) is 0 Å². The molecular formula is C15H13NO3. The number of oxime groups is 1. The number of hydrogen-bond acceptors (Lipinski definition) is 4. The number of nitrogens with zero attached hydrogens (tertiary/aromatic N) is 1. The average Bonchev–Trinajstić information content (AvgIpc) is 2.98. The molecule has 96 valence electrons. The van der Waals surface area contributed by atoms with Gasteiger partial charge in [-0.25, -0.2) is 0 Å². The quantitative estimate of drug-likeness (QED) is 0.846. The van der Waals surface area contributed by atoms with E-state index in [-0.39, 0.29) is 0 Å². The fourth-order valence-corrected chi connectivity index (χ4v) is 1.83. The van der Waals surface area contributed by atoms with Crippen LogP contribution in [0.5, 0.6) is 5.75 Å². The molecule has 0 saturated heterocycles. The van der Waals surface area contributed by atoms with E-state index in [0.717, 1.165) is 16.9 Å². The van der Waals surface area contributed by atoms with E-state index in [9.17, 15) is 0 Å². The number of rotatable bonds is 3. The lowest BCUT2D eigenvalue weighted by atomic mass is 10.2. The maximum atomic E-state index is 5.69. The van der Waals surface area contributed by atoms with Crippen molar-refractivity contribution < 1.29 is 14.3 Å². The highest BCUT2D eigenvalue weighted by atomic mass is 16.8. The molecule has 0 bridgehead atoms. The monoisotopic (exact) mass is 255 g/mol. The Labute approximate surface area is 111 Å². The zero-order valence-electron chi connectivity index (χ0n) is 10.4. The Morgan fingerprint density at radius 1 is 1.00 bits per heavy atom. The van der Waals surface area contributed by atoms with Crippen LogP contribution in [0.15, 0.2) is 59.8 Å². The molecule has 0 amide bonds. The Balaban J connectivity index is 1.73. The topological polar surface area (TPSA) is 40.0 Å². The predicted octanol–water partition coefficient (Wildman–Crippen LogP) is 3.10. The van der Waals surface area contributed by atoms with E-state index in [1.54, 1.807) is 7.11 Å². The van der Waals surface area contributed by atoms with Gasteiger partial charge in [-0.2, -0.15) is 0 Å². The first-order chi connectivity index (χ1) is 9.36. The first-order valence-electron chi connectivity index (χ1n) is 5.96. The maximum Gasteiger partial charge on any atom is 0.293 e. The molecule has 0 fully saturated rings. The molecule has 0 aromatic heterocycles. The van der Waals surface area contributed by atoms with E-state index in [0.29, 0.717) is 5.90 Å². The van der Waals surface area contributed by atoms with Crippen LogP contribution < -0.4 is 4.74 Å². The molecule has 1 unspecified atom stereocenters. The normalized spacial score (nSPS) is 17.3. The molecule has 0 radical (unpaired) electrons. The van der Waals surface area contributed by atoms with Crippen molar-refractivity contribution in [3.05, 3.63) is 65.7 Å². The second-order valence-corrected chi connectivity index (χ2v) is 4.09. The number of methoxy groups -OCH3 is 1. The van der Waals surface area contributed by atoms with Gasteiger partial charge in [-0.1, -0.05) is 18.2 Å². The van der Waals surface area contributed by atoms with Crippen LogP contribution >= 0.6 is 0 Å². The molecule has 1 aliphatic rings. The van der Waals surface area contributed by atoms with Crippen LogP contribution in [0, 0.1) is 0 Å². The van der Waals surface area contributed by atoms with Crippen LogP contribution in [-0.4, -0.2) is 13.0 Å². The molecule has 0 aliphatic carbocycles.